The highest BCUT2D eigenvalue weighted by Gasteiger charge is 2.14. The number of carbonyl (C=O) groups is 1. The molecule has 5 heteroatoms. The summed E-state index contributed by atoms with van der Waals surface area (Å²) in [5.41, 5.74) is 0.540. The number of carbonyl (C=O) groups excluding carboxylic acids is 1. The predicted octanol–water partition coefficient (Wildman–Crippen LogP) is 3.20. The molecule has 1 atom stereocenters. The molecule has 0 bridgehead atoms. The van der Waals surface area contributed by atoms with E-state index < -0.39 is 5.82 Å². The van der Waals surface area contributed by atoms with Gasteiger partial charge in [0.1, 0.15) is 5.82 Å². The van der Waals surface area contributed by atoms with Crippen LogP contribution in [0.5, 0.6) is 0 Å². The van der Waals surface area contributed by atoms with E-state index in [4.69, 9.17) is 11.6 Å². The van der Waals surface area contributed by atoms with E-state index in [2.05, 4.69) is 10.6 Å². The molecule has 1 saturated heterocycles. The quantitative estimate of drug-likeness (QED) is 0.891. The molecule has 0 saturated carbocycles. The van der Waals surface area contributed by atoms with Crippen molar-refractivity contribution in [2.45, 2.75) is 25.7 Å². The lowest BCUT2D eigenvalue weighted by molar-refractivity contribution is -0.116. The first-order valence-corrected chi connectivity index (χ1v) is 6.98. The van der Waals surface area contributed by atoms with E-state index in [0.29, 0.717) is 18.0 Å². The van der Waals surface area contributed by atoms with Crippen LogP contribution in [0, 0.1) is 11.7 Å². The second kappa shape index (κ2) is 6.87. The van der Waals surface area contributed by atoms with Crippen LogP contribution in [0.3, 0.4) is 0 Å². The van der Waals surface area contributed by atoms with Crippen molar-refractivity contribution >= 4 is 23.2 Å². The van der Waals surface area contributed by atoms with E-state index in [1.165, 1.54) is 31.0 Å². The number of anilines is 1. The summed E-state index contributed by atoms with van der Waals surface area (Å²) >= 11 is 5.66. The van der Waals surface area contributed by atoms with Gasteiger partial charge in [-0.2, -0.15) is 0 Å². The van der Waals surface area contributed by atoms with Crippen molar-refractivity contribution in [1.82, 2.24) is 5.32 Å². The molecule has 3 nitrogen and oxygen atoms in total. The van der Waals surface area contributed by atoms with Crippen LogP contribution in [0.15, 0.2) is 18.2 Å². The average molecular weight is 285 g/mol. The van der Waals surface area contributed by atoms with Crippen molar-refractivity contribution in [2.24, 2.45) is 5.92 Å². The summed E-state index contributed by atoms with van der Waals surface area (Å²) in [5.74, 6) is 0.0532. The standard InChI is InChI=1S/C14H18ClFN2O/c15-12-8-11(4-5-13(12)16)18-14(19)6-3-10-2-1-7-17-9-10/h4-5,8,10,17H,1-3,6-7,9H2,(H,18,19). The Morgan fingerprint density at radius 3 is 3.05 bits per heavy atom. The fourth-order valence-electron chi connectivity index (χ4n) is 2.30. The second-order valence-corrected chi connectivity index (χ2v) is 5.34. The number of halogens is 2. The smallest absolute Gasteiger partial charge is 0.224 e. The summed E-state index contributed by atoms with van der Waals surface area (Å²) in [6.45, 7) is 2.08. The Balaban J connectivity index is 1.78. The highest BCUT2D eigenvalue weighted by molar-refractivity contribution is 6.31. The van der Waals surface area contributed by atoms with Crippen molar-refractivity contribution in [3.8, 4) is 0 Å². The third-order valence-corrected chi connectivity index (χ3v) is 3.67. The molecule has 0 radical (unpaired) electrons. The molecular formula is C14H18ClFN2O. The molecule has 0 aromatic heterocycles. The third kappa shape index (κ3) is 4.48. The average Bonchev–Trinajstić information content (AvgIpc) is 2.42. The molecule has 2 N–H and O–H groups in total. The summed E-state index contributed by atoms with van der Waals surface area (Å²) in [4.78, 5) is 11.8. The molecular weight excluding hydrogens is 267 g/mol. The van der Waals surface area contributed by atoms with Gasteiger partial charge in [-0.25, -0.2) is 4.39 Å². The molecule has 0 spiro atoms. The highest BCUT2D eigenvalue weighted by atomic mass is 35.5. The zero-order valence-electron chi connectivity index (χ0n) is 10.7. The van der Waals surface area contributed by atoms with Crippen LogP contribution < -0.4 is 10.6 Å². The lowest BCUT2D eigenvalue weighted by Crippen LogP contribution is -2.30. The number of nitrogens with one attached hydrogen (secondary N) is 2. The molecule has 1 amide bonds. The Kier molecular flexibility index (Phi) is 5.16. The van der Waals surface area contributed by atoms with Crippen molar-refractivity contribution in [3.05, 3.63) is 29.0 Å². The molecule has 1 unspecified atom stereocenters. The van der Waals surface area contributed by atoms with Crippen LogP contribution in [0.1, 0.15) is 25.7 Å². The van der Waals surface area contributed by atoms with Gasteiger partial charge in [-0.3, -0.25) is 4.79 Å². The summed E-state index contributed by atoms with van der Waals surface area (Å²) in [7, 11) is 0. The van der Waals surface area contributed by atoms with Crippen molar-refractivity contribution < 1.29 is 9.18 Å². The number of rotatable bonds is 4. The van der Waals surface area contributed by atoms with Gasteiger partial charge in [-0.15, -0.1) is 0 Å². The lowest BCUT2D eigenvalue weighted by atomic mass is 9.94. The lowest BCUT2D eigenvalue weighted by Gasteiger charge is -2.22. The molecule has 1 aliphatic rings. The number of benzene rings is 1. The third-order valence-electron chi connectivity index (χ3n) is 3.38. The van der Waals surface area contributed by atoms with Gasteiger partial charge in [0.15, 0.2) is 0 Å². The first-order chi connectivity index (χ1) is 9.15. The van der Waals surface area contributed by atoms with Gasteiger partial charge >= 0.3 is 0 Å². The normalized spacial score (nSPS) is 19.2. The maximum absolute atomic E-state index is 13.0. The minimum Gasteiger partial charge on any atom is -0.326 e. The summed E-state index contributed by atoms with van der Waals surface area (Å²) in [6, 6.07) is 4.20. The Morgan fingerprint density at radius 2 is 2.37 bits per heavy atom. The monoisotopic (exact) mass is 284 g/mol. The molecule has 1 heterocycles. The van der Waals surface area contributed by atoms with Crippen molar-refractivity contribution in [1.29, 1.82) is 0 Å². The van der Waals surface area contributed by atoms with Gasteiger partial charge in [0.2, 0.25) is 5.91 Å². The molecule has 19 heavy (non-hydrogen) atoms. The van der Waals surface area contributed by atoms with Gasteiger partial charge < -0.3 is 10.6 Å². The fraction of sp³-hybridized carbons (Fsp3) is 0.500. The van der Waals surface area contributed by atoms with Crippen LogP contribution in [0.4, 0.5) is 10.1 Å². The van der Waals surface area contributed by atoms with E-state index in [-0.39, 0.29) is 10.9 Å². The number of piperidine rings is 1. The summed E-state index contributed by atoms with van der Waals surface area (Å²) in [6.07, 6.45) is 3.73. The minimum absolute atomic E-state index is 0.0225. The molecule has 1 aromatic rings. The fourth-order valence-corrected chi connectivity index (χ4v) is 2.48. The molecule has 1 fully saturated rings. The van der Waals surface area contributed by atoms with Gasteiger partial charge in [-0.05, 0) is 56.5 Å². The SMILES string of the molecule is O=C(CCC1CCCNC1)Nc1ccc(F)c(Cl)c1. The summed E-state index contributed by atoms with van der Waals surface area (Å²) in [5, 5.41) is 6.09. The Bertz CT molecular complexity index is 447. The van der Waals surface area contributed by atoms with Gasteiger partial charge in [0, 0.05) is 12.1 Å². The zero-order valence-corrected chi connectivity index (χ0v) is 11.5. The molecule has 2 rings (SSSR count). The Labute approximate surface area is 117 Å². The Hall–Kier alpha value is -1.13. The maximum Gasteiger partial charge on any atom is 0.224 e. The van der Waals surface area contributed by atoms with E-state index in [9.17, 15) is 9.18 Å². The largest absolute Gasteiger partial charge is 0.326 e. The van der Waals surface area contributed by atoms with Crippen molar-refractivity contribution in [2.75, 3.05) is 18.4 Å². The first-order valence-electron chi connectivity index (χ1n) is 6.61. The Morgan fingerprint density at radius 1 is 1.53 bits per heavy atom. The van der Waals surface area contributed by atoms with Crippen molar-refractivity contribution in [3.63, 3.8) is 0 Å². The second-order valence-electron chi connectivity index (χ2n) is 4.93. The van der Waals surface area contributed by atoms with E-state index in [1.54, 1.807) is 0 Å². The summed E-state index contributed by atoms with van der Waals surface area (Å²) < 4.78 is 13.0. The molecule has 0 aliphatic carbocycles. The number of hydrogen-bond acceptors (Lipinski definition) is 2. The molecule has 1 aromatic carbocycles. The van der Waals surface area contributed by atoms with Gasteiger partial charge in [-0.1, -0.05) is 11.6 Å². The van der Waals surface area contributed by atoms with E-state index >= 15 is 0 Å². The highest BCUT2D eigenvalue weighted by Crippen LogP contribution is 2.20. The van der Waals surface area contributed by atoms with Crippen LogP contribution in [-0.2, 0) is 4.79 Å². The first kappa shape index (κ1) is 14.3. The van der Waals surface area contributed by atoms with E-state index in [1.807, 2.05) is 0 Å². The van der Waals surface area contributed by atoms with Crippen LogP contribution in [0.25, 0.3) is 0 Å². The maximum atomic E-state index is 13.0. The topological polar surface area (TPSA) is 41.1 Å². The number of hydrogen-bond donors (Lipinski definition) is 2. The predicted molar refractivity (Wildman–Crippen MR) is 74.9 cm³/mol. The molecule has 1 aliphatic heterocycles. The van der Waals surface area contributed by atoms with Gasteiger partial charge in [0.05, 0.1) is 5.02 Å². The van der Waals surface area contributed by atoms with Crippen LogP contribution in [0.2, 0.25) is 5.02 Å². The van der Waals surface area contributed by atoms with Gasteiger partial charge in [0.25, 0.3) is 0 Å². The zero-order chi connectivity index (χ0) is 13.7. The van der Waals surface area contributed by atoms with Crippen LogP contribution in [-0.4, -0.2) is 19.0 Å². The number of amides is 1. The van der Waals surface area contributed by atoms with Crippen LogP contribution >= 0.6 is 11.6 Å². The molecule has 104 valence electrons. The van der Waals surface area contributed by atoms with E-state index in [0.717, 1.165) is 19.5 Å². The minimum atomic E-state index is -0.479.